The number of hydrogen-bond donors (Lipinski definition) is 1. The van der Waals surface area contributed by atoms with Crippen molar-refractivity contribution in [1.82, 2.24) is 4.98 Å². The first-order chi connectivity index (χ1) is 13.6. The summed E-state index contributed by atoms with van der Waals surface area (Å²) < 4.78 is 11.1. The van der Waals surface area contributed by atoms with Gasteiger partial charge in [0.2, 0.25) is 5.91 Å². The number of aromatic nitrogens is 1. The molecule has 1 heterocycles. The van der Waals surface area contributed by atoms with Crippen molar-refractivity contribution in [2.45, 2.75) is 20.3 Å². The van der Waals surface area contributed by atoms with Crippen LogP contribution in [0.2, 0.25) is 5.02 Å². The number of rotatable bonds is 8. The average Bonchev–Trinajstić information content (AvgIpc) is 3.12. The van der Waals surface area contributed by atoms with Gasteiger partial charge in [0.25, 0.3) is 0 Å². The lowest BCUT2D eigenvalue weighted by Crippen LogP contribution is -2.14. The minimum absolute atomic E-state index is 0.150. The molecule has 2 aromatic carbocycles. The van der Waals surface area contributed by atoms with E-state index in [4.69, 9.17) is 21.1 Å². The van der Waals surface area contributed by atoms with Crippen LogP contribution in [0.3, 0.4) is 0 Å². The predicted molar refractivity (Wildman–Crippen MR) is 114 cm³/mol. The van der Waals surface area contributed by atoms with E-state index in [9.17, 15) is 4.79 Å². The zero-order valence-corrected chi connectivity index (χ0v) is 17.3. The maximum absolute atomic E-state index is 12.4. The Bertz CT molecular complexity index is 958. The normalized spacial score (nSPS) is 10.5. The summed E-state index contributed by atoms with van der Waals surface area (Å²) in [5.74, 6) is 1.12. The van der Waals surface area contributed by atoms with Crippen molar-refractivity contribution in [3.05, 3.63) is 58.6 Å². The van der Waals surface area contributed by atoms with Gasteiger partial charge in [-0.25, -0.2) is 4.98 Å². The summed E-state index contributed by atoms with van der Waals surface area (Å²) in [4.78, 5) is 17.0. The second kappa shape index (κ2) is 9.57. The molecular formula is C21H21ClN2O3S. The van der Waals surface area contributed by atoms with Crippen LogP contribution in [0, 0.1) is 0 Å². The number of benzene rings is 2. The monoisotopic (exact) mass is 416 g/mol. The van der Waals surface area contributed by atoms with Crippen molar-refractivity contribution in [3.8, 4) is 22.1 Å². The van der Waals surface area contributed by atoms with Gasteiger partial charge in [-0.1, -0.05) is 29.8 Å². The number of nitrogens with one attached hydrogen (secondary N) is 1. The van der Waals surface area contributed by atoms with Crippen molar-refractivity contribution in [3.63, 3.8) is 0 Å². The highest BCUT2D eigenvalue weighted by atomic mass is 35.5. The second-order valence-electron chi connectivity index (χ2n) is 5.88. The Hall–Kier alpha value is -2.57. The lowest BCUT2D eigenvalue weighted by molar-refractivity contribution is -0.115. The Morgan fingerprint density at radius 3 is 2.61 bits per heavy atom. The summed E-state index contributed by atoms with van der Waals surface area (Å²) in [7, 11) is 0. The molecule has 0 aliphatic carbocycles. The van der Waals surface area contributed by atoms with Crippen molar-refractivity contribution in [1.29, 1.82) is 0 Å². The molecule has 7 heteroatoms. The lowest BCUT2D eigenvalue weighted by Gasteiger charge is -2.12. The van der Waals surface area contributed by atoms with Gasteiger partial charge >= 0.3 is 0 Å². The van der Waals surface area contributed by atoms with E-state index in [-0.39, 0.29) is 12.3 Å². The number of hydrogen-bond acceptors (Lipinski definition) is 5. The maximum atomic E-state index is 12.4. The Labute approximate surface area is 173 Å². The molecule has 0 unspecified atom stereocenters. The highest BCUT2D eigenvalue weighted by Gasteiger charge is 2.12. The van der Waals surface area contributed by atoms with Crippen LogP contribution in [0.1, 0.15) is 19.5 Å². The molecule has 0 fully saturated rings. The van der Waals surface area contributed by atoms with Gasteiger partial charge in [-0.2, -0.15) is 0 Å². The molecule has 5 nitrogen and oxygen atoms in total. The lowest BCUT2D eigenvalue weighted by atomic mass is 10.2. The van der Waals surface area contributed by atoms with Gasteiger partial charge in [-0.3, -0.25) is 4.79 Å². The summed E-state index contributed by atoms with van der Waals surface area (Å²) in [6.45, 7) is 4.88. The van der Waals surface area contributed by atoms with Crippen molar-refractivity contribution in [2.24, 2.45) is 0 Å². The molecule has 28 heavy (non-hydrogen) atoms. The van der Waals surface area contributed by atoms with Crippen LogP contribution in [-0.2, 0) is 11.2 Å². The second-order valence-corrected chi connectivity index (χ2v) is 7.14. The van der Waals surface area contributed by atoms with E-state index in [0.29, 0.717) is 41.1 Å². The van der Waals surface area contributed by atoms with E-state index in [0.717, 1.165) is 10.6 Å². The summed E-state index contributed by atoms with van der Waals surface area (Å²) in [6.07, 6.45) is 0.179. The molecule has 1 N–H and O–H groups in total. The number of thiazole rings is 1. The predicted octanol–water partition coefficient (Wildman–Crippen LogP) is 5.44. The van der Waals surface area contributed by atoms with Crippen LogP contribution >= 0.6 is 22.9 Å². The fourth-order valence-corrected chi connectivity index (χ4v) is 3.78. The van der Waals surface area contributed by atoms with E-state index in [2.05, 4.69) is 10.3 Å². The standard InChI is InChI=1S/C21H21ClN2O3S/c1-3-26-18-10-9-14(11-19(18)27-4-2)23-20(25)12-15-13-28-21(24-15)16-7-5-6-8-17(16)22/h5-11,13H,3-4,12H2,1-2H3,(H,23,25). The molecule has 0 saturated carbocycles. The van der Waals surface area contributed by atoms with Crippen LogP contribution in [0.15, 0.2) is 47.8 Å². The van der Waals surface area contributed by atoms with Gasteiger partial charge < -0.3 is 14.8 Å². The first kappa shape index (κ1) is 20.2. The molecule has 3 rings (SSSR count). The molecule has 1 aromatic heterocycles. The molecule has 0 atom stereocenters. The summed E-state index contributed by atoms with van der Waals surface area (Å²) in [5, 5.41) is 6.20. The van der Waals surface area contributed by atoms with E-state index in [1.807, 2.05) is 43.5 Å². The molecule has 1 amide bonds. The molecular weight excluding hydrogens is 396 g/mol. The quantitative estimate of drug-likeness (QED) is 0.531. The molecule has 0 saturated heterocycles. The third kappa shape index (κ3) is 5.03. The van der Waals surface area contributed by atoms with Gasteiger partial charge in [0.1, 0.15) is 5.01 Å². The van der Waals surface area contributed by atoms with E-state index < -0.39 is 0 Å². The smallest absolute Gasteiger partial charge is 0.230 e. The Kier molecular flexibility index (Phi) is 6.90. The molecule has 0 aliphatic rings. The third-order valence-electron chi connectivity index (χ3n) is 3.82. The number of halogens is 1. The highest BCUT2D eigenvalue weighted by Crippen LogP contribution is 2.32. The van der Waals surface area contributed by atoms with Crippen LogP contribution in [0.5, 0.6) is 11.5 Å². The number of ether oxygens (including phenoxy) is 2. The minimum Gasteiger partial charge on any atom is -0.490 e. The van der Waals surface area contributed by atoms with Crippen LogP contribution in [0.4, 0.5) is 5.69 Å². The summed E-state index contributed by atoms with van der Waals surface area (Å²) >= 11 is 7.69. The Balaban J connectivity index is 1.68. The van der Waals surface area contributed by atoms with Crippen LogP contribution in [-0.4, -0.2) is 24.1 Å². The van der Waals surface area contributed by atoms with Gasteiger partial charge in [0, 0.05) is 22.7 Å². The molecule has 0 spiro atoms. The molecule has 3 aromatic rings. The largest absolute Gasteiger partial charge is 0.490 e. The van der Waals surface area contributed by atoms with Gasteiger partial charge in [-0.15, -0.1) is 11.3 Å². The van der Waals surface area contributed by atoms with Gasteiger partial charge in [0.15, 0.2) is 11.5 Å². The van der Waals surface area contributed by atoms with Gasteiger partial charge in [-0.05, 0) is 32.0 Å². The number of amides is 1. The zero-order chi connectivity index (χ0) is 19.9. The van der Waals surface area contributed by atoms with Crippen molar-refractivity contribution in [2.75, 3.05) is 18.5 Å². The summed E-state index contributed by atoms with van der Waals surface area (Å²) in [5.41, 5.74) is 2.22. The van der Waals surface area contributed by atoms with Gasteiger partial charge in [0.05, 0.1) is 30.4 Å². The van der Waals surface area contributed by atoms with Crippen LogP contribution in [0.25, 0.3) is 10.6 Å². The first-order valence-electron chi connectivity index (χ1n) is 8.99. The number of carbonyl (C=O) groups is 1. The topological polar surface area (TPSA) is 60.5 Å². The third-order valence-corrected chi connectivity index (χ3v) is 5.08. The molecule has 146 valence electrons. The number of carbonyl (C=O) groups excluding carboxylic acids is 1. The minimum atomic E-state index is -0.150. The number of nitrogens with zero attached hydrogens (tertiary/aromatic N) is 1. The number of anilines is 1. The van der Waals surface area contributed by atoms with Crippen molar-refractivity contribution >= 4 is 34.5 Å². The fourth-order valence-electron chi connectivity index (χ4n) is 2.65. The zero-order valence-electron chi connectivity index (χ0n) is 15.7. The maximum Gasteiger partial charge on any atom is 0.230 e. The van der Waals surface area contributed by atoms with Crippen LogP contribution < -0.4 is 14.8 Å². The molecule has 0 radical (unpaired) electrons. The first-order valence-corrected chi connectivity index (χ1v) is 10.2. The molecule has 0 aliphatic heterocycles. The summed E-state index contributed by atoms with van der Waals surface area (Å²) in [6, 6.07) is 12.9. The van der Waals surface area contributed by atoms with E-state index >= 15 is 0 Å². The van der Waals surface area contributed by atoms with Crippen molar-refractivity contribution < 1.29 is 14.3 Å². The SMILES string of the molecule is CCOc1ccc(NC(=O)Cc2csc(-c3ccccc3Cl)n2)cc1OCC. The fraction of sp³-hybridized carbons (Fsp3) is 0.238. The molecule has 0 bridgehead atoms. The van der Waals surface area contributed by atoms with E-state index in [1.165, 1.54) is 11.3 Å². The Morgan fingerprint density at radius 2 is 1.86 bits per heavy atom. The van der Waals surface area contributed by atoms with E-state index in [1.54, 1.807) is 18.2 Å². The average molecular weight is 417 g/mol. The Morgan fingerprint density at radius 1 is 1.11 bits per heavy atom. The highest BCUT2D eigenvalue weighted by molar-refractivity contribution is 7.13.